The lowest BCUT2D eigenvalue weighted by atomic mass is 10.1. The van der Waals surface area contributed by atoms with E-state index < -0.39 is 28.4 Å². The van der Waals surface area contributed by atoms with E-state index in [9.17, 15) is 26.3 Å². The van der Waals surface area contributed by atoms with Crippen LogP contribution in [-0.2, 0) is 17.1 Å². The standard InChI is InChI=1S/C19H16F6O2S/c20-18(21,22)13-4-3-7-16(17(13)19(23,24)25)28-15-6-2-1-5-14(15)27-12-8-10-26-11-9-12/h1-7,12H,8-11H2. The van der Waals surface area contributed by atoms with Crippen molar-refractivity contribution >= 4 is 11.8 Å². The lowest BCUT2D eigenvalue weighted by Crippen LogP contribution is -2.26. The van der Waals surface area contributed by atoms with Gasteiger partial charge in [0.25, 0.3) is 0 Å². The number of para-hydroxylation sites is 1. The summed E-state index contributed by atoms with van der Waals surface area (Å²) >= 11 is 0.610. The zero-order valence-corrected chi connectivity index (χ0v) is 15.3. The summed E-state index contributed by atoms with van der Waals surface area (Å²) < 4.78 is 90.9. The van der Waals surface area contributed by atoms with Crippen molar-refractivity contribution in [1.82, 2.24) is 0 Å². The number of alkyl halides is 6. The van der Waals surface area contributed by atoms with Gasteiger partial charge >= 0.3 is 12.4 Å². The largest absolute Gasteiger partial charge is 0.489 e. The van der Waals surface area contributed by atoms with Gasteiger partial charge in [-0.05, 0) is 24.3 Å². The molecule has 3 rings (SSSR count). The molecule has 28 heavy (non-hydrogen) atoms. The fraction of sp³-hybridized carbons (Fsp3) is 0.368. The van der Waals surface area contributed by atoms with Gasteiger partial charge in [0.1, 0.15) is 11.9 Å². The second kappa shape index (κ2) is 8.24. The van der Waals surface area contributed by atoms with E-state index in [4.69, 9.17) is 9.47 Å². The number of ether oxygens (including phenoxy) is 2. The normalized spacial score (nSPS) is 16.2. The summed E-state index contributed by atoms with van der Waals surface area (Å²) in [5, 5.41) is 0. The highest BCUT2D eigenvalue weighted by Crippen LogP contribution is 2.47. The second-order valence-electron chi connectivity index (χ2n) is 6.15. The van der Waals surface area contributed by atoms with Crippen molar-refractivity contribution in [2.75, 3.05) is 13.2 Å². The third-order valence-electron chi connectivity index (χ3n) is 4.15. The maximum atomic E-state index is 13.5. The van der Waals surface area contributed by atoms with Crippen LogP contribution < -0.4 is 4.74 Å². The predicted molar refractivity (Wildman–Crippen MR) is 91.5 cm³/mol. The van der Waals surface area contributed by atoms with E-state index in [-0.39, 0.29) is 6.10 Å². The molecular weight excluding hydrogens is 406 g/mol. The Morgan fingerprint density at radius 2 is 1.46 bits per heavy atom. The molecule has 0 amide bonds. The number of hydrogen-bond donors (Lipinski definition) is 0. The smallest absolute Gasteiger partial charge is 0.418 e. The average molecular weight is 422 g/mol. The molecule has 2 aromatic rings. The maximum absolute atomic E-state index is 13.5. The van der Waals surface area contributed by atoms with Crippen LogP contribution in [0.3, 0.4) is 0 Å². The Kier molecular flexibility index (Phi) is 6.14. The molecule has 0 bridgehead atoms. The quantitative estimate of drug-likeness (QED) is 0.529. The van der Waals surface area contributed by atoms with Gasteiger partial charge < -0.3 is 9.47 Å². The molecule has 2 aromatic carbocycles. The molecule has 0 unspecified atom stereocenters. The van der Waals surface area contributed by atoms with Crippen LogP contribution in [0.25, 0.3) is 0 Å². The van der Waals surface area contributed by atoms with E-state index in [0.717, 1.165) is 12.1 Å². The van der Waals surface area contributed by atoms with Crippen molar-refractivity contribution in [3.63, 3.8) is 0 Å². The van der Waals surface area contributed by atoms with Crippen LogP contribution in [0.4, 0.5) is 26.3 Å². The summed E-state index contributed by atoms with van der Waals surface area (Å²) in [5.74, 6) is 0.338. The van der Waals surface area contributed by atoms with Gasteiger partial charge in [-0.15, -0.1) is 0 Å². The predicted octanol–water partition coefficient (Wildman–Crippen LogP) is 6.43. The molecule has 0 N–H and O–H groups in total. The lowest BCUT2D eigenvalue weighted by molar-refractivity contribution is -0.163. The fourth-order valence-corrected chi connectivity index (χ4v) is 3.94. The molecule has 1 aliphatic heterocycles. The highest BCUT2D eigenvalue weighted by atomic mass is 32.2. The van der Waals surface area contributed by atoms with Gasteiger partial charge in [0.15, 0.2) is 0 Å². The second-order valence-corrected chi connectivity index (χ2v) is 7.24. The van der Waals surface area contributed by atoms with Crippen LogP contribution in [0.1, 0.15) is 24.0 Å². The van der Waals surface area contributed by atoms with Crippen molar-refractivity contribution in [2.24, 2.45) is 0 Å². The molecule has 1 aliphatic rings. The van der Waals surface area contributed by atoms with Gasteiger partial charge in [-0.1, -0.05) is 30.0 Å². The Hall–Kier alpha value is -1.87. The molecule has 0 atom stereocenters. The summed E-state index contributed by atoms with van der Waals surface area (Å²) in [4.78, 5) is -0.204. The number of hydrogen-bond acceptors (Lipinski definition) is 3. The number of halogens is 6. The van der Waals surface area contributed by atoms with Gasteiger partial charge in [-0.25, -0.2) is 0 Å². The topological polar surface area (TPSA) is 18.5 Å². The van der Waals surface area contributed by atoms with Crippen molar-refractivity contribution in [2.45, 2.75) is 41.1 Å². The third-order valence-corrected chi connectivity index (χ3v) is 5.26. The van der Waals surface area contributed by atoms with E-state index in [0.29, 0.717) is 54.5 Å². The summed E-state index contributed by atoms with van der Waals surface area (Å²) in [6.07, 6.45) is -9.14. The van der Waals surface area contributed by atoms with Crippen LogP contribution in [0, 0.1) is 0 Å². The minimum atomic E-state index is -5.15. The summed E-state index contributed by atoms with van der Waals surface area (Å²) in [5.41, 5.74) is -3.39. The Morgan fingerprint density at radius 3 is 2.11 bits per heavy atom. The van der Waals surface area contributed by atoms with E-state index in [1.165, 1.54) is 6.07 Å². The zero-order chi connectivity index (χ0) is 20.4. The van der Waals surface area contributed by atoms with E-state index in [1.54, 1.807) is 18.2 Å². The molecule has 1 fully saturated rings. The van der Waals surface area contributed by atoms with Crippen LogP contribution in [-0.4, -0.2) is 19.3 Å². The van der Waals surface area contributed by atoms with Crippen molar-refractivity contribution in [3.8, 4) is 5.75 Å². The van der Waals surface area contributed by atoms with E-state index in [2.05, 4.69) is 0 Å². The molecule has 1 heterocycles. The molecule has 0 aromatic heterocycles. The van der Waals surface area contributed by atoms with Gasteiger partial charge in [-0.2, -0.15) is 26.3 Å². The van der Waals surface area contributed by atoms with Crippen LogP contribution >= 0.6 is 11.8 Å². The zero-order valence-electron chi connectivity index (χ0n) is 14.4. The first kappa shape index (κ1) is 20.9. The van der Waals surface area contributed by atoms with Crippen LogP contribution in [0.2, 0.25) is 0 Å². The lowest BCUT2D eigenvalue weighted by Gasteiger charge is -2.25. The van der Waals surface area contributed by atoms with Gasteiger partial charge in [0.2, 0.25) is 0 Å². The Balaban J connectivity index is 1.96. The first-order chi connectivity index (χ1) is 13.2. The van der Waals surface area contributed by atoms with E-state index in [1.807, 2.05) is 0 Å². The monoisotopic (exact) mass is 422 g/mol. The fourth-order valence-electron chi connectivity index (χ4n) is 2.87. The minimum absolute atomic E-state index is 0.154. The molecule has 0 spiro atoms. The molecule has 1 saturated heterocycles. The Labute approximate surface area is 161 Å². The molecule has 0 aliphatic carbocycles. The maximum Gasteiger partial charge on any atom is 0.418 e. The summed E-state index contributed by atoms with van der Waals surface area (Å²) in [7, 11) is 0. The first-order valence-electron chi connectivity index (χ1n) is 8.45. The van der Waals surface area contributed by atoms with Crippen molar-refractivity contribution < 1.29 is 35.8 Å². The van der Waals surface area contributed by atoms with Gasteiger partial charge in [-0.3, -0.25) is 0 Å². The minimum Gasteiger partial charge on any atom is -0.489 e. The van der Waals surface area contributed by atoms with Crippen molar-refractivity contribution in [1.29, 1.82) is 0 Å². The SMILES string of the molecule is FC(F)(F)c1cccc(Sc2ccccc2OC2CCOCC2)c1C(F)(F)F. The molecule has 9 heteroatoms. The molecule has 152 valence electrons. The summed E-state index contributed by atoms with van der Waals surface area (Å²) in [6.45, 7) is 1.04. The first-order valence-corrected chi connectivity index (χ1v) is 9.26. The van der Waals surface area contributed by atoms with Crippen LogP contribution in [0.15, 0.2) is 52.3 Å². The number of benzene rings is 2. The summed E-state index contributed by atoms with van der Waals surface area (Å²) in [6, 6.07) is 8.83. The molecular formula is C19H16F6O2S. The van der Waals surface area contributed by atoms with Gasteiger partial charge in [0, 0.05) is 17.7 Å². The molecule has 0 saturated carbocycles. The third kappa shape index (κ3) is 4.94. The Bertz CT molecular complexity index is 813. The molecule has 0 radical (unpaired) electrons. The highest BCUT2D eigenvalue weighted by Gasteiger charge is 2.44. The van der Waals surface area contributed by atoms with E-state index >= 15 is 0 Å². The van der Waals surface area contributed by atoms with Crippen molar-refractivity contribution in [3.05, 3.63) is 53.6 Å². The molecule has 2 nitrogen and oxygen atoms in total. The van der Waals surface area contributed by atoms with Crippen LogP contribution in [0.5, 0.6) is 5.75 Å². The van der Waals surface area contributed by atoms with Gasteiger partial charge in [0.05, 0.1) is 29.2 Å². The number of rotatable bonds is 4. The Morgan fingerprint density at radius 1 is 0.821 bits per heavy atom. The average Bonchev–Trinajstić information content (AvgIpc) is 2.62. The highest BCUT2D eigenvalue weighted by molar-refractivity contribution is 7.99.